The van der Waals surface area contributed by atoms with E-state index in [1.54, 1.807) is 12.1 Å². The van der Waals surface area contributed by atoms with Crippen molar-refractivity contribution in [2.75, 3.05) is 0 Å². The third-order valence-electron chi connectivity index (χ3n) is 2.59. The Kier molecular flexibility index (Phi) is 4.04. The van der Waals surface area contributed by atoms with E-state index in [1.165, 1.54) is 18.2 Å². The predicted molar refractivity (Wildman–Crippen MR) is 68.9 cm³/mol. The quantitative estimate of drug-likeness (QED) is 0.943. The Morgan fingerprint density at radius 1 is 1.17 bits per heavy atom. The Balaban J connectivity index is 2.15. The van der Waals surface area contributed by atoms with Gasteiger partial charge in [-0.15, -0.1) is 0 Å². The van der Waals surface area contributed by atoms with Crippen LogP contribution in [0.2, 0.25) is 0 Å². The molecule has 0 fully saturated rings. The highest BCUT2D eigenvalue weighted by Gasteiger charge is 2.11. The topological polar surface area (TPSA) is 38.9 Å². The van der Waals surface area contributed by atoms with Crippen LogP contribution in [0, 0.1) is 11.6 Å². The zero-order chi connectivity index (χ0) is 13.1. The lowest BCUT2D eigenvalue weighted by atomic mass is 10.0. The lowest BCUT2D eigenvalue weighted by molar-refractivity contribution is 0.610. The summed E-state index contributed by atoms with van der Waals surface area (Å²) in [5.41, 5.74) is 7.47. The molecule has 0 spiro atoms. The maximum atomic E-state index is 12.9. The van der Waals surface area contributed by atoms with Crippen molar-refractivity contribution in [3.63, 3.8) is 0 Å². The SMILES string of the molecule is NC(Cc1ccc(F)cc1Br)c1ccc(F)cn1. The first-order chi connectivity index (χ1) is 8.56. The normalized spacial score (nSPS) is 12.4. The zero-order valence-electron chi connectivity index (χ0n) is 9.41. The van der Waals surface area contributed by atoms with Gasteiger partial charge in [-0.2, -0.15) is 0 Å². The number of halogens is 3. The van der Waals surface area contributed by atoms with E-state index >= 15 is 0 Å². The number of nitrogens with zero attached hydrogens (tertiary/aromatic N) is 1. The molecule has 0 radical (unpaired) electrons. The first kappa shape index (κ1) is 13.1. The number of benzene rings is 1. The lowest BCUT2D eigenvalue weighted by Crippen LogP contribution is -2.15. The molecule has 94 valence electrons. The van der Waals surface area contributed by atoms with Crippen LogP contribution in [0.25, 0.3) is 0 Å². The molecule has 5 heteroatoms. The second-order valence-electron chi connectivity index (χ2n) is 3.95. The number of rotatable bonds is 3. The second-order valence-corrected chi connectivity index (χ2v) is 4.80. The molecule has 0 saturated carbocycles. The van der Waals surface area contributed by atoms with E-state index < -0.39 is 5.82 Å². The molecule has 1 aromatic heterocycles. The fraction of sp³-hybridized carbons (Fsp3) is 0.154. The molecule has 1 heterocycles. The molecule has 0 saturated heterocycles. The molecule has 2 aromatic rings. The molecular weight excluding hydrogens is 302 g/mol. The lowest BCUT2D eigenvalue weighted by Gasteiger charge is -2.12. The summed E-state index contributed by atoms with van der Waals surface area (Å²) in [6.45, 7) is 0. The smallest absolute Gasteiger partial charge is 0.141 e. The van der Waals surface area contributed by atoms with Crippen molar-refractivity contribution in [1.82, 2.24) is 4.98 Å². The fourth-order valence-electron chi connectivity index (χ4n) is 1.64. The maximum Gasteiger partial charge on any atom is 0.141 e. The van der Waals surface area contributed by atoms with Gasteiger partial charge < -0.3 is 5.73 Å². The summed E-state index contributed by atoms with van der Waals surface area (Å²) < 4.78 is 26.3. The summed E-state index contributed by atoms with van der Waals surface area (Å²) in [5, 5.41) is 0. The van der Waals surface area contributed by atoms with Gasteiger partial charge in [0.05, 0.1) is 17.9 Å². The van der Waals surface area contributed by atoms with Crippen LogP contribution >= 0.6 is 15.9 Å². The Bertz CT molecular complexity index is 543. The molecule has 2 nitrogen and oxygen atoms in total. The van der Waals surface area contributed by atoms with Gasteiger partial charge in [0.2, 0.25) is 0 Å². The van der Waals surface area contributed by atoms with Gasteiger partial charge in [0, 0.05) is 4.47 Å². The number of hydrogen-bond donors (Lipinski definition) is 1. The zero-order valence-corrected chi connectivity index (χ0v) is 11.0. The van der Waals surface area contributed by atoms with Crippen LogP contribution in [0.1, 0.15) is 17.3 Å². The van der Waals surface area contributed by atoms with E-state index in [0.29, 0.717) is 16.6 Å². The number of hydrogen-bond acceptors (Lipinski definition) is 2. The molecule has 1 atom stereocenters. The summed E-state index contributed by atoms with van der Waals surface area (Å²) in [6.07, 6.45) is 1.63. The van der Waals surface area contributed by atoms with Gasteiger partial charge in [-0.3, -0.25) is 4.98 Å². The second kappa shape index (κ2) is 5.54. The fourth-order valence-corrected chi connectivity index (χ4v) is 2.15. The van der Waals surface area contributed by atoms with E-state index in [9.17, 15) is 8.78 Å². The van der Waals surface area contributed by atoms with Crippen molar-refractivity contribution in [3.05, 3.63) is 63.9 Å². The van der Waals surface area contributed by atoms with Crippen LogP contribution in [-0.2, 0) is 6.42 Å². The van der Waals surface area contributed by atoms with Crippen molar-refractivity contribution in [2.45, 2.75) is 12.5 Å². The van der Waals surface area contributed by atoms with Gasteiger partial charge in [0.1, 0.15) is 11.6 Å². The molecule has 0 amide bonds. The molecule has 0 aliphatic rings. The van der Waals surface area contributed by atoms with Gasteiger partial charge in [-0.25, -0.2) is 8.78 Å². The van der Waals surface area contributed by atoms with E-state index in [0.717, 1.165) is 11.8 Å². The molecule has 2 N–H and O–H groups in total. The minimum atomic E-state index is -0.395. The average molecular weight is 313 g/mol. The average Bonchev–Trinajstić information content (AvgIpc) is 2.33. The molecule has 0 bridgehead atoms. The van der Waals surface area contributed by atoms with Gasteiger partial charge in [0.15, 0.2) is 0 Å². The molecular formula is C13H11BrF2N2. The Hall–Kier alpha value is -1.33. The van der Waals surface area contributed by atoms with Gasteiger partial charge in [0.25, 0.3) is 0 Å². The third-order valence-corrected chi connectivity index (χ3v) is 3.32. The summed E-state index contributed by atoms with van der Waals surface area (Å²) in [5.74, 6) is -0.701. The van der Waals surface area contributed by atoms with Crippen LogP contribution in [0.15, 0.2) is 41.0 Å². The van der Waals surface area contributed by atoms with Gasteiger partial charge in [-0.1, -0.05) is 22.0 Å². The summed E-state index contributed by atoms with van der Waals surface area (Å²) in [4.78, 5) is 3.93. The van der Waals surface area contributed by atoms with E-state index in [4.69, 9.17) is 5.73 Å². The van der Waals surface area contributed by atoms with Crippen LogP contribution in [0.4, 0.5) is 8.78 Å². The van der Waals surface area contributed by atoms with Crippen molar-refractivity contribution in [3.8, 4) is 0 Å². The number of nitrogens with two attached hydrogens (primary N) is 1. The van der Waals surface area contributed by atoms with Crippen LogP contribution in [0.5, 0.6) is 0 Å². The van der Waals surface area contributed by atoms with Crippen LogP contribution in [0.3, 0.4) is 0 Å². The monoisotopic (exact) mass is 312 g/mol. The first-order valence-electron chi connectivity index (χ1n) is 5.37. The number of pyridine rings is 1. The van der Waals surface area contributed by atoms with Crippen LogP contribution in [-0.4, -0.2) is 4.98 Å². The molecule has 0 aliphatic carbocycles. The summed E-state index contributed by atoms with van der Waals surface area (Å²) in [7, 11) is 0. The molecule has 0 aliphatic heterocycles. The predicted octanol–water partition coefficient (Wildman–Crippen LogP) is 3.36. The van der Waals surface area contributed by atoms with E-state index in [2.05, 4.69) is 20.9 Å². The number of aromatic nitrogens is 1. The molecule has 1 aromatic carbocycles. The standard InChI is InChI=1S/C13H11BrF2N2/c14-11-6-9(15)2-1-8(11)5-12(17)13-4-3-10(16)7-18-13/h1-4,6-7,12H,5,17H2. The highest BCUT2D eigenvalue weighted by molar-refractivity contribution is 9.10. The van der Waals surface area contributed by atoms with Crippen LogP contribution < -0.4 is 5.73 Å². The Labute approximate surface area is 112 Å². The first-order valence-corrected chi connectivity index (χ1v) is 6.16. The minimum Gasteiger partial charge on any atom is -0.322 e. The third kappa shape index (κ3) is 3.11. The highest BCUT2D eigenvalue weighted by atomic mass is 79.9. The van der Waals surface area contributed by atoms with Crippen molar-refractivity contribution < 1.29 is 8.78 Å². The van der Waals surface area contributed by atoms with Gasteiger partial charge in [-0.05, 0) is 36.2 Å². The van der Waals surface area contributed by atoms with Crippen molar-refractivity contribution in [2.24, 2.45) is 5.73 Å². The summed E-state index contributed by atoms with van der Waals surface area (Å²) >= 11 is 3.28. The largest absolute Gasteiger partial charge is 0.322 e. The minimum absolute atomic E-state index is 0.306. The molecule has 2 rings (SSSR count). The highest BCUT2D eigenvalue weighted by Crippen LogP contribution is 2.22. The summed E-state index contributed by atoms with van der Waals surface area (Å²) in [6, 6.07) is 6.96. The Morgan fingerprint density at radius 3 is 2.50 bits per heavy atom. The van der Waals surface area contributed by atoms with Crippen molar-refractivity contribution in [1.29, 1.82) is 0 Å². The van der Waals surface area contributed by atoms with Gasteiger partial charge >= 0.3 is 0 Å². The maximum absolute atomic E-state index is 12.9. The Morgan fingerprint density at radius 2 is 1.89 bits per heavy atom. The van der Waals surface area contributed by atoms with E-state index in [-0.39, 0.29) is 11.9 Å². The van der Waals surface area contributed by atoms with E-state index in [1.807, 2.05) is 0 Å². The molecule has 18 heavy (non-hydrogen) atoms. The molecule has 1 unspecified atom stereocenters. The van der Waals surface area contributed by atoms with Crippen molar-refractivity contribution >= 4 is 15.9 Å².